The molecule has 10 atom stereocenters. The average molecular weight is 1000 g/mol. The number of hydrogen-bond donors (Lipinski definition) is 15. The van der Waals surface area contributed by atoms with Crippen LogP contribution in [-0.2, 0) is 67.1 Å². The molecule has 0 bridgehead atoms. The molecule has 30 nitrogen and oxygen atoms in total. The van der Waals surface area contributed by atoms with E-state index in [4.69, 9.17) is 76.6 Å². The van der Waals surface area contributed by atoms with Crippen LogP contribution in [0.25, 0.3) is 0 Å². The number of cyclic esters (lactones) is 5. The molecule has 5 aliphatic rings. The Morgan fingerprint density at radius 3 is 0.540 bits per heavy atom. The van der Waals surface area contributed by atoms with E-state index >= 15 is 0 Å². The Balaban J connectivity index is -0.000000706. The quantitative estimate of drug-likeness (QED) is 0.0549. The van der Waals surface area contributed by atoms with Crippen molar-refractivity contribution in [1.29, 1.82) is 0 Å². The predicted molar refractivity (Wildman–Crippen MR) is 169 cm³/mol. The first-order chi connectivity index (χ1) is 27.9. The van der Waals surface area contributed by atoms with Gasteiger partial charge in [0.15, 0.2) is 30.5 Å². The molecular formula is C30H35KMgO30Zn. The van der Waals surface area contributed by atoms with Crippen LogP contribution in [0.1, 0.15) is 0 Å². The maximum absolute atomic E-state index is 10.6. The van der Waals surface area contributed by atoms with Crippen LogP contribution in [0.4, 0.5) is 0 Å². The Hall–Kier alpha value is -3.32. The predicted octanol–water partition coefficient (Wildman–Crippen LogP) is -16.4. The zero-order valence-electron chi connectivity index (χ0n) is 32.1. The molecule has 5 aliphatic heterocycles. The van der Waals surface area contributed by atoms with Gasteiger partial charge in [-0.2, -0.15) is 0 Å². The summed E-state index contributed by atoms with van der Waals surface area (Å²) in [6.45, 7) is -3.50. The van der Waals surface area contributed by atoms with Gasteiger partial charge in [0, 0.05) is 28.8 Å². The fraction of sp³-hybridized carbons (Fsp3) is 0.500. The van der Waals surface area contributed by atoms with Crippen LogP contribution >= 0.6 is 0 Å². The molecule has 0 saturated heterocycles. The molecule has 5 heterocycles. The number of aliphatic hydroxyl groups is 15. The zero-order chi connectivity index (χ0) is 46.5. The first kappa shape index (κ1) is 64.0. The molecule has 0 radical (unpaired) electrons. The summed E-state index contributed by atoms with van der Waals surface area (Å²) in [6, 6.07) is 0. The van der Waals surface area contributed by atoms with Gasteiger partial charge in [-0.1, -0.05) is 0 Å². The van der Waals surface area contributed by atoms with E-state index in [1.165, 1.54) is 0 Å². The van der Waals surface area contributed by atoms with Gasteiger partial charge in [-0.3, -0.25) is 0 Å². The van der Waals surface area contributed by atoms with E-state index in [-0.39, 0.29) is 93.9 Å². The van der Waals surface area contributed by atoms with Crippen molar-refractivity contribution < 1.29 is 221 Å². The van der Waals surface area contributed by atoms with Crippen molar-refractivity contribution >= 4 is 52.9 Å². The van der Waals surface area contributed by atoms with Gasteiger partial charge in [0.25, 0.3) is 0 Å². The molecule has 0 amide bonds. The summed E-state index contributed by atoms with van der Waals surface area (Å²) in [7, 11) is 0. The van der Waals surface area contributed by atoms with E-state index in [0.29, 0.717) is 0 Å². The van der Waals surface area contributed by atoms with Crippen LogP contribution in [0.2, 0.25) is 0 Å². The van der Waals surface area contributed by atoms with E-state index in [0.717, 1.165) is 0 Å². The normalized spacial score (nSPS) is 24.6. The zero-order valence-corrected chi connectivity index (χ0v) is 39.6. The summed E-state index contributed by atoms with van der Waals surface area (Å²) in [5, 5.41) is 184. The molecule has 0 saturated carbocycles. The smallest absolute Gasteiger partial charge is 0.865 e. The first-order valence-corrected chi connectivity index (χ1v) is 15.9. The summed E-state index contributed by atoms with van der Waals surface area (Å²) in [5.41, 5.74) is 0. The van der Waals surface area contributed by atoms with Gasteiger partial charge in [0.1, 0.15) is 59.3 Å². The molecule has 0 aliphatic carbocycles. The van der Waals surface area contributed by atoms with Crippen LogP contribution in [0, 0.1) is 0 Å². The number of hydrogen-bond acceptors (Lipinski definition) is 30. The Morgan fingerprint density at radius 2 is 0.476 bits per heavy atom. The van der Waals surface area contributed by atoms with Crippen molar-refractivity contribution in [2.24, 2.45) is 0 Å². The number of aliphatic hydroxyl groups excluding tert-OH is 15. The first-order valence-electron chi connectivity index (χ1n) is 15.9. The van der Waals surface area contributed by atoms with Gasteiger partial charge < -0.3 is 126 Å². The van der Waals surface area contributed by atoms with E-state index in [2.05, 4.69) is 23.7 Å². The van der Waals surface area contributed by atoms with E-state index in [9.17, 15) is 49.5 Å². The third kappa shape index (κ3) is 16.6. The van der Waals surface area contributed by atoms with Crippen molar-refractivity contribution in [3.05, 3.63) is 57.6 Å². The van der Waals surface area contributed by atoms with Gasteiger partial charge in [-0.25, -0.2) is 24.0 Å². The molecule has 5 rings (SSSR count). The molecule has 0 aromatic carbocycles. The minimum Gasteiger partial charge on any atom is -0.865 e. The van der Waals surface area contributed by atoms with E-state index < -0.39 is 182 Å². The van der Waals surface area contributed by atoms with Gasteiger partial charge >= 0.3 is 124 Å². The molecule has 15 N–H and O–H groups in total. The molecule has 63 heavy (non-hydrogen) atoms. The molecule has 0 spiro atoms. The molecule has 0 fully saturated rings. The number of esters is 5. The minimum absolute atomic E-state index is 0. The Kier molecular flexibility index (Phi) is 29.7. The largest absolute Gasteiger partial charge is 2.00 e. The third-order valence-corrected chi connectivity index (χ3v) is 7.29. The SMILES string of the molecule is O=C1O[C@H]([C@@H](O)CO)C(O)=C1[O-].O=C1O[C@H]([C@@H](O)CO)C(O)=C1[O-].O=C1O[C@H]([C@@H](O)CO)C(O)=C1[O-].O=C1O[C@H]([C@@H](O)CO)C(O)=C1[O-].O=C1O[C@H]([C@@H](O)CO)C(O)=C1[O-].[K+].[Mg+2].[Zn+2]. The summed E-state index contributed by atoms with van der Waals surface area (Å²) < 4.78 is 21.3. The Labute approximate surface area is 421 Å². The standard InChI is InChI=1S/5C6H8O6.K.Mg.Zn/c5*7-1-2(8)5-3(9)4(10)6(11)12-5;;;/h5*2,5,7-10H,1H2;;;/q;;;;;+1;2*+2/p-5/t5*2-,5+;;;/m00000.../s1. The Bertz CT molecular complexity index is 1470. The summed E-state index contributed by atoms with van der Waals surface area (Å²) in [5.74, 6) is -16.3. The fourth-order valence-corrected chi connectivity index (χ4v) is 4.07. The van der Waals surface area contributed by atoms with Gasteiger partial charge in [0.05, 0.1) is 33.0 Å². The van der Waals surface area contributed by atoms with Crippen molar-refractivity contribution in [1.82, 2.24) is 0 Å². The van der Waals surface area contributed by atoms with Crippen molar-refractivity contribution in [2.75, 3.05) is 33.0 Å². The molecular weight excluding hydrogens is 969 g/mol. The summed E-state index contributed by atoms with van der Waals surface area (Å²) in [6.07, 6.45) is -14.4. The topological polar surface area (TPSA) is 550 Å². The van der Waals surface area contributed by atoms with Crippen molar-refractivity contribution in [3.63, 3.8) is 0 Å². The summed E-state index contributed by atoms with van der Waals surface area (Å²) >= 11 is 0. The maximum Gasteiger partial charge on any atom is 2.00 e. The van der Waals surface area contributed by atoms with Crippen LogP contribution < -0.4 is 76.9 Å². The second-order valence-corrected chi connectivity index (χ2v) is 11.5. The molecule has 340 valence electrons. The number of carbonyl (C=O) groups is 5. The van der Waals surface area contributed by atoms with Crippen molar-refractivity contribution in [2.45, 2.75) is 61.0 Å². The summed E-state index contributed by atoms with van der Waals surface area (Å²) in [4.78, 5) is 52.3. The van der Waals surface area contributed by atoms with Crippen LogP contribution in [-0.4, -0.2) is 224 Å². The van der Waals surface area contributed by atoms with E-state index in [1.54, 1.807) is 0 Å². The molecule has 0 aromatic rings. The Morgan fingerprint density at radius 1 is 0.365 bits per heavy atom. The number of ether oxygens (including phenoxy) is 5. The van der Waals surface area contributed by atoms with E-state index in [1.807, 2.05) is 0 Å². The minimum atomic E-state index is -1.46. The fourth-order valence-electron chi connectivity index (χ4n) is 4.07. The monoisotopic (exact) mass is 1000 g/mol. The maximum atomic E-state index is 10.6. The molecule has 0 aromatic heterocycles. The third-order valence-electron chi connectivity index (χ3n) is 7.29. The second kappa shape index (κ2) is 29.3. The van der Waals surface area contributed by atoms with Crippen LogP contribution in [0.15, 0.2) is 57.6 Å². The molecule has 0 unspecified atom stereocenters. The van der Waals surface area contributed by atoms with Gasteiger partial charge in [0.2, 0.25) is 0 Å². The van der Waals surface area contributed by atoms with Gasteiger partial charge in [-0.05, 0) is 0 Å². The second-order valence-electron chi connectivity index (χ2n) is 11.5. The van der Waals surface area contributed by atoms with Crippen LogP contribution in [0.3, 0.4) is 0 Å². The van der Waals surface area contributed by atoms with Crippen molar-refractivity contribution in [3.8, 4) is 0 Å². The van der Waals surface area contributed by atoms with Crippen LogP contribution in [0.5, 0.6) is 0 Å². The number of rotatable bonds is 10. The molecule has 33 heteroatoms. The van der Waals surface area contributed by atoms with Gasteiger partial charge in [-0.15, -0.1) is 0 Å². The average Bonchev–Trinajstić information content (AvgIpc) is 3.93. The number of carbonyl (C=O) groups excluding carboxylic acids is 5.